The Morgan fingerprint density at radius 2 is 1.71 bits per heavy atom. The molecule has 3 aliphatic heterocycles. The molecule has 5 rings (SSSR count). The van der Waals surface area contributed by atoms with Gasteiger partial charge in [-0.1, -0.05) is 70.0 Å². The van der Waals surface area contributed by atoms with E-state index in [0.717, 1.165) is 24.8 Å². The van der Waals surface area contributed by atoms with Crippen molar-refractivity contribution in [3.8, 4) is 11.3 Å². The first-order valence-electron chi connectivity index (χ1n) is 23.5. The molecule has 4 N–H and O–H groups in total. The summed E-state index contributed by atoms with van der Waals surface area (Å²) in [6, 6.07) is 7.29. The maximum atomic E-state index is 14.4. The van der Waals surface area contributed by atoms with Gasteiger partial charge in [-0.25, -0.2) is 19.7 Å². The lowest BCUT2D eigenvalue weighted by molar-refractivity contribution is -0.299. The normalized spacial score (nSPS) is 34.8. The van der Waals surface area contributed by atoms with Gasteiger partial charge in [-0.2, -0.15) is 0 Å². The van der Waals surface area contributed by atoms with Crippen LogP contribution in [0.1, 0.15) is 106 Å². The van der Waals surface area contributed by atoms with Crippen molar-refractivity contribution in [3.63, 3.8) is 0 Å². The van der Waals surface area contributed by atoms with Crippen molar-refractivity contribution in [1.82, 2.24) is 35.6 Å². The van der Waals surface area contributed by atoms with E-state index in [4.69, 9.17) is 28.4 Å². The Bertz CT molecular complexity index is 1930. The van der Waals surface area contributed by atoms with Crippen molar-refractivity contribution in [2.24, 2.45) is 17.8 Å². The number of benzene rings is 1. The zero-order valence-electron chi connectivity index (χ0n) is 40.9. The number of aryl methyl sites for hydroxylation is 1. The van der Waals surface area contributed by atoms with Gasteiger partial charge >= 0.3 is 18.2 Å². The zero-order valence-corrected chi connectivity index (χ0v) is 40.9. The van der Waals surface area contributed by atoms with Crippen LogP contribution in [0.4, 0.5) is 9.59 Å². The molecular weight excluding hydrogens is 855 g/mol. The molecular formula is C47H75N7O12. The fraction of sp³-hybridized carbons (Fsp3) is 0.745. The van der Waals surface area contributed by atoms with Crippen molar-refractivity contribution in [3.05, 3.63) is 36.0 Å². The molecule has 14 atom stereocenters. The summed E-state index contributed by atoms with van der Waals surface area (Å²) in [6.07, 6.45) is -2.12. The van der Waals surface area contributed by atoms with Gasteiger partial charge in [0.05, 0.1) is 29.9 Å². The van der Waals surface area contributed by atoms with Gasteiger partial charge in [0.25, 0.3) is 5.91 Å². The highest BCUT2D eigenvalue weighted by Crippen LogP contribution is 2.40. The summed E-state index contributed by atoms with van der Waals surface area (Å²) < 4.78 is 37.9. The van der Waals surface area contributed by atoms with Crippen LogP contribution in [-0.4, -0.2) is 153 Å². The molecule has 0 bridgehead atoms. The molecule has 2 amide bonds. The van der Waals surface area contributed by atoms with Gasteiger partial charge in [0.15, 0.2) is 18.0 Å². The van der Waals surface area contributed by atoms with Gasteiger partial charge in [0, 0.05) is 30.1 Å². The Morgan fingerprint density at radius 1 is 1.02 bits per heavy atom. The molecule has 3 aliphatic rings. The highest BCUT2D eigenvalue weighted by Gasteiger charge is 2.58. The first kappa shape index (κ1) is 52.6. The molecule has 0 radical (unpaired) electrons. The van der Waals surface area contributed by atoms with Crippen LogP contribution in [0.3, 0.4) is 0 Å². The van der Waals surface area contributed by atoms with Gasteiger partial charge in [0.1, 0.15) is 30.6 Å². The number of fused-ring (bicyclic) bond motifs is 1. The number of hydrazine groups is 1. The van der Waals surface area contributed by atoms with Crippen LogP contribution < -0.4 is 10.9 Å². The summed E-state index contributed by atoms with van der Waals surface area (Å²) in [5.74, 6) is -3.87. The number of cyclic esters (lactones) is 1. The van der Waals surface area contributed by atoms with Gasteiger partial charge in [0.2, 0.25) is 0 Å². The molecule has 0 aliphatic carbocycles. The molecule has 0 unspecified atom stereocenters. The van der Waals surface area contributed by atoms with E-state index >= 15 is 0 Å². The number of amides is 2. The number of nitrogens with one attached hydrogen (secondary N) is 2. The number of hydrogen-bond donors (Lipinski definition) is 4. The Morgan fingerprint density at radius 3 is 2.36 bits per heavy atom. The second-order valence-electron chi connectivity index (χ2n) is 19.5. The summed E-state index contributed by atoms with van der Waals surface area (Å²) in [4.78, 5) is 57.9. The van der Waals surface area contributed by atoms with Gasteiger partial charge in [-0.05, 0) is 99.3 Å². The van der Waals surface area contributed by atoms with Crippen LogP contribution in [0.2, 0.25) is 0 Å². The van der Waals surface area contributed by atoms with Crippen molar-refractivity contribution in [2.45, 2.75) is 180 Å². The highest BCUT2D eigenvalue weighted by atomic mass is 16.8. The van der Waals surface area contributed by atoms with E-state index in [2.05, 4.69) is 40.2 Å². The van der Waals surface area contributed by atoms with Crippen LogP contribution in [0, 0.1) is 17.8 Å². The minimum atomic E-state index is -1.69. The largest absolute Gasteiger partial charge is 0.509 e. The first-order chi connectivity index (χ1) is 31.1. The smallest absolute Gasteiger partial charge is 0.458 e. The van der Waals surface area contributed by atoms with Crippen LogP contribution in [0.25, 0.3) is 11.3 Å². The van der Waals surface area contributed by atoms with E-state index in [0.29, 0.717) is 18.7 Å². The van der Waals surface area contributed by atoms with Crippen molar-refractivity contribution < 1.29 is 57.8 Å². The van der Waals surface area contributed by atoms with Crippen molar-refractivity contribution in [2.75, 3.05) is 27.7 Å². The maximum Gasteiger partial charge on any atom is 0.509 e. The minimum absolute atomic E-state index is 0.145. The summed E-state index contributed by atoms with van der Waals surface area (Å²) in [7, 11) is 5.57. The zero-order chi connectivity index (χ0) is 48.7. The average Bonchev–Trinajstić information content (AvgIpc) is 3.85. The fourth-order valence-electron chi connectivity index (χ4n) is 9.93. The van der Waals surface area contributed by atoms with E-state index in [9.17, 15) is 29.4 Å². The van der Waals surface area contributed by atoms with Crippen LogP contribution >= 0.6 is 0 Å². The number of nitrogens with zero attached hydrogens (tertiary/aromatic N) is 5. The Hall–Kier alpha value is -4.40. The fourth-order valence-corrected chi connectivity index (χ4v) is 9.93. The average molecular weight is 930 g/mol. The van der Waals surface area contributed by atoms with Crippen molar-refractivity contribution in [1.29, 1.82) is 0 Å². The summed E-state index contributed by atoms with van der Waals surface area (Å²) in [5, 5.41) is 32.5. The Kier molecular flexibility index (Phi) is 18.0. The monoisotopic (exact) mass is 930 g/mol. The van der Waals surface area contributed by atoms with Crippen molar-refractivity contribution >= 4 is 24.1 Å². The molecule has 4 heterocycles. The number of aromatic nitrogens is 3. The topological polar surface area (TPSA) is 225 Å². The molecule has 19 nitrogen and oxygen atoms in total. The number of aliphatic hydroxyl groups is 2. The summed E-state index contributed by atoms with van der Waals surface area (Å²) in [6.45, 7) is 16.3. The van der Waals surface area contributed by atoms with Gasteiger partial charge in [-0.3, -0.25) is 19.9 Å². The molecule has 1 aromatic carbocycles. The Labute approximate surface area is 389 Å². The third-order valence-corrected chi connectivity index (χ3v) is 13.6. The summed E-state index contributed by atoms with van der Waals surface area (Å²) in [5.41, 5.74) is 4.19. The lowest BCUT2D eigenvalue weighted by Gasteiger charge is -2.47. The molecule has 0 spiro atoms. The minimum Gasteiger partial charge on any atom is -0.458 e. The SMILES string of the molecule is CCCCCc1ccc(-c2cn(CC(=O)NNC(=O)O[C@H]3[C@H](C)[C@@H](O[C@@H]4O[C@H](C)C[C@H](N(C)C)[C@H]4O)[C@](C)(O)C[C@@H](C)CN(C)[C@H](C)[C@H]4OC(=O)O[C@]4(C)[C@@H](CC)OC(=O)[C@@H]3C)nn2)cc1. The number of carbonyl (C=O) groups excluding carboxylic acids is 4. The van der Waals surface area contributed by atoms with E-state index < -0.39 is 90.0 Å². The number of aliphatic hydroxyl groups excluding tert-OH is 1. The number of esters is 1. The molecule has 1 aromatic heterocycles. The predicted octanol–water partition coefficient (Wildman–Crippen LogP) is 4.61. The lowest BCUT2D eigenvalue weighted by Crippen LogP contribution is -2.59. The van der Waals surface area contributed by atoms with E-state index in [1.165, 1.54) is 23.6 Å². The number of carbonyl (C=O) groups is 4. The van der Waals surface area contributed by atoms with E-state index in [1.807, 2.05) is 63.8 Å². The predicted molar refractivity (Wildman–Crippen MR) is 242 cm³/mol. The van der Waals surface area contributed by atoms with Crippen LogP contribution in [0.5, 0.6) is 0 Å². The molecule has 3 saturated heterocycles. The maximum absolute atomic E-state index is 14.4. The number of likely N-dealkylation sites (N-methyl/N-ethyl adjacent to an activating group) is 2. The first-order valence-corrected chi connectivity index (χ1v) is 23.5. The van der Waals surface area contributed by atoms with Crippen LogP contribution in [0.15, 0.2) is 30.5 Å². The molecule has 19 heteroatoms. The van der Waals surface area contributed by atoms with E-state index in [-0.39, 0.29) is 37.5 Å². The van der Waals surface area contributed by atoms with E-state index in [1.54, 1.807) is 33.9 Å². The lowest BCUT2D eigenvalue weighted by atomic mass is 9.77. The number of unbranched alkanes of at least 4 members (excludes halogenated alkanes) is 2. The second-order valence-corrected chi connectivity index (χ2v) is 19.5. The van der Waals surface area contributed by atoms with Crippen LogP contribution in [-0.2, 0) is 51.0 Å². The molecule has 0 saturated carbocycles. The van der Waals surface area contributed by atoms with Gasteiger partial charge in [-0.15, -0.1) is 5.10 Å². The third kappa shape index (κ3) is 12.8. The third-order valence-electron chi connectivity index (χ3n) is 13.6. The molecule has 370 valence electrons. The van der Waals surface area contributed by atoms with Gasteiger partial charge < -0.3 is 43.5 Å². The second kappa shape index (κ2) is 22.6. The number of rotatable bonds is 12. The highest BCUT2D eigenvalue weighted by molar-refractivity contribution is 5.79. The Balaban J connectivity index is 1.41. The molecule has 66 heavy (non-hydrogen) atoms. The number of hydrogen-bond acceptors (Lipinski definition) is 16. The quantitative estimate of drug-likeness (QED) is 0.0987. The standard InChI is InChI=1S/C47H75N7O12/c1-13-15-16-17-32-18-20-33(21-19-32)34-25-54(51-48-34)26-37(55)49-50-44(58)63-39-29(5)40(64-43-38(56)35(52(10)11)22-28(4)61-43)46(8,60)23-27(3)24-53(12)31(7)41-47(9,66-45(59)65-41)36(14-2)62-42(57)30(39)6/h18-21,25,27-31,35-36,38-41,43,56,60H,13-17,22-24,26H2,1-12H3,(H,49,55)(H,50,58)/t27-,28-,29+,30-,31-,35+,36-,38-,39+,40-,41-,43+,46-,47-/m1/s1. The number of ether oxygens (including phenoxy) is 6. The molecule has 2 aromatic rings. The molecule has 3 fully saturated rings. The summed E-state index contributed by atoms with van der Waals surface area (Å²) >= 11 is 0.